The molecular weight excluding hydrogens is 324 g/mol. The predicted molar refractivity (Wildman–Crippen MR) is 88.3 cm³/mol. The molecule has 3 rings (SSSR count). The molecule has 0 spiro atoms. The van der Waals surface area contributed by atoms with Gasteiger partial charge in [0.1, 0.15) is 0 Å². The van der Waals surface area contributed by atoms with Crippen LogP contribution in [-0.2, 0) is 14.3 Å². The largest absolute Gasteiger partial charge is 0.478 e. The maximum Gasteiger partial charge on any atom is 0.367 e. The fraction of sp³-hybridized carbons (Fsp3) is 0. The van der Waals surface area contributed by atoms with Gasteiger partial charge in [0, 0.05) is 41.5 Å². The molecular formula is C18H12N2O5. The van der Waals surface area contributed by atoms with Crippen LogP contribution in [0, 0.1) is 0 Å². The molecule has 0 aliphatic rings. The highest BCUT2D eigenvalue weighted by Gasteiger charge is 2.20. The quantitative estimate of drug-likeness (QED) is 0.446. The Morgan fingerprint density at radius 2 is 1.76 bits per heavy atom. The number of aromatic nitrogens is 2. The Morgan fingerprint density at radius 3 is 2.48 bits per heavy atom. The number of hydrogen-bond donors (Lipinski definition) is 1. The molecule has 7 nitrogen and oxygen atoms in total. The topological polar surface area (TPSA) is 98.5 Å². The molecule has 0 unspecified atom stereocenters. The lowest BCUT2D eigenvalue weighted by Crippen LogP contribution is -2.15. The van der Waals surface area contributed by atoms with Gasteiger partial charge in [-0.2, -0.15) is 0 Å². The summed E-state index contributed by atoms with van der Waals surface area (Å²) < 4.78 is 6.37. The Bertz CT molecular complexity index is 990. The molecule has 7 heteroatoms. The molecule has 0 aliphatic heterocycles. The zero-order chi connectivity index (χ0) is 17.8. The van der Waals surface area contributed by atoms with Crippen molar-refractivity contribution in [1.29, 1.82) is 0 Å². The Labute approximate surface area is 141 Å². The van der Waals surface area contributed by atoms with Crippen LogP contribution in [0.5, 0.6) is 0 Å². The van der Waals surface area contributed by atoms with Gasteiger partial charge in [-0.25, -0.2) is 19.4 Å². The number of fused-ring (bicyclic) bond motifs is 1. The van der Waals surface area contributed by atoms with Crippen LogP contribution in [0.25, 0.3) is 16.5 Å². The van der Waals surface area contributed by atoms with Crippen molar-refractivity contribution in [2.75, 3.05) is 0 Å². The number of aliphatic carboxylic acids is 1. The van der Waals surface area contributed by atoms with Gasteiger partial charge in [-0.3, -0.25) is 0 Å². The van der Waals surface area contributed by atoms with Crippen molar-refractivity contribution < 1.29 is 24.2 Å². The van der Waals surface area contributed by atoms with Gasteiger partial charge in [-0.15, -0.1) is 0 Å². The number of nitrogens with zero attached hydrogens (tertiary/aromatic N) is 2. The molecule has 1 aromatic carbocycles. The number of carboxylic acids is 1. The molecule has 0 saturated heterocycles. The molecule has 0 amide bonds. The zero-order valence-corrected chi connectivity index (χ0v) is 12.8. The van der Waals surface area contributed by atoms with Crippen LogP contribution in [0.2, 0.25) is 0 Å². The Morgan fingerprint density at radius 1 is 1.04 bits per heavy atom. The fourth-order valence-corrected chi connectivity index (χ4v) is 2.36. The molecule has 3 aromatic rings. The molecule has 25 heavy (non-hydrogen) atoms. The molecule has 2 heterocycles. The van der Waals surface area contributed by atoms with Gasteiger partial charge < -0.3 is 14.4 Å². The van der Waals surface area contributed by atoms with E-state index in [9.17, 15) is 14.4 Å². The summed E-state index contributed by atoms with van der Waals surface area (Å²) in [4.78, 5) is 38.5. The lowest BCUT2D eigenvalue weighted by molar-refractivity contribution is -0.134. The smallest absolute Gasteiger partial charge is 0.367 e. The first kappa shape index (κ1) is 16.1. The summed E-state index contributed by atoms with van der Waals surface area (Å²) in [6.45, 7) is 0. The number of carbonyl (C=O) groups is 3. The molecule has 0 atom stereocenters. The van der Waals surface area contributed by atoms with E-state index >= 15 is 0 Å². The van der Waals surface area contributed by atoms with E-state index in [1.807, 2.05) is 24.3 Å². The highest BCUT2D eigenvalue weighted by Crippen LogP contribution is 2.25. The van der Waals surface area contributed by atoms with Crippen LogP contribution in [0.1, 0.15) is 10.5 Å². The first-order valence-corrected chi connectivity index (χ1v) is 7.24. The second-order valence-corrected chi connectivity index (χ2v) is 5.01. The van der Waals surface area contributed by atoms with Crippen molar-refractivity contribution >= 4 is 28.7 Å². The lowest BCUT2D eigenvalue weighted by Gasteiger charge is -2.12. The van der Waals surface area contributed by atoms with Crippen LogP contribution < -0.4 is 0 Å². The third-order valence-corrected chi connectivity index (χ3v) is 3.38. The maximum atomic E-state index is 12.4. The number of benzene rings is 1. The molecule has 0 bridgehead atoms. The normalized spacial score (nSPS) is 10.9. The molecule has 0 radical (unpaired) electrons. The molecule has 0 fully saturated rings. The number of carbonyl (C=O) groups excluding carboxylic acids is 2. The first-order valence-electron chi connectivity index (χ1n) is 7.24. The molecule has 0 saturated carbocycles. The van der Waals surface area contributed by atoms with Crippen molar-refractivity contribution in [3.63, 3.8) is 0 Å². The number of carboxylic acid groups (broad SMARTS) is 1. The van der Waals surface area contributed by atoms with Gasteiger partial charge >= 0.3 is 17.9 Å². The number of pyridine rings is 1. The van der Waals surface area contributed by atoms with Crippen LogP contribution in [0.4, 0.5) is 0 Å². The van der Waals surface area contributed by atoms with Crippen molar-refractivity contribution in [2.45, 2.75) is 0 Å². The highest BCUT2D eigenvalue weighted by atomic mass is 16.6. The summed E-state index contributed by atoms with van der Waals surface area (Å²) in [5.41, 5.74) is 0.426. The van der Waals surface area contributed by atoms with E-state index in [0.29, 0.717) is 17.8 Å². The van der Waals surface area contributed by atoms with Crippen LogP contribution in [0.3, 0.4) is 0 Å². The zero-order valence-electron chi connectivity index (χ0n) is 12.8. The minimum atomic E-state index is -1.32. The molecule has 1 N–H and O–H groups in total. The summed E-state index contributed by atoms with van der Waals surface area (Å²) >= 11 is 0. The van der Waals surface area contributed by atoms with E-state index in [4.69, 9.17) is 5.11 Å². The van der Waals surface area contributed by atoms with Gasteiger partial charge in [-0.1, -0.05) is 24.3 Å². The Kier molecular flexibility index (Phi) is 4.38. The molecule has 0 aliphatic carbocycles. The molecule has 124 valence electrons. The second-order valence-electron chi connectivity index (χ2n) is 5.01. The summed E-state index contributed by atoms with van der Waals surface area (Å²) in [5, 5.41) is 10.1. The number of hydrogen-bond acceptors (Lipinski definition) is 5. The number of rotatable bonds is 4. The van der Waals surface area contributed by atoms with E-state index in [-0.39, 0.29) is 5.69 Å². The van der Waals surface area contributed by atoms with Crippen LogP contribution >= 0.6 is 0 Å². The first-order chi connectivity index (χ1) is 12.1. The van der Waals surface area contributed by atoms with Gasteiger partial charge in [0.05, 0.1) is 5.69 Å². The van der Waals surface area contributed by atoms with E-state index in [1.54, 1.807) is 29.1 Å². The predicted octanol–water partition coefficient (Wildman–Crippen LogP) is 2.35. The summed E-state index contributed by atoms with van der Waals surface area (Å²) in [7, 11) is 0. The van der Waals surface area contributed by atoms with Crippen LogP contribution in [0.15, 0.2) is 67.1 Å². The van der Waals surface area contributed by atoms with Crippen molar-refractivity contribution in [1.82, 2.24) is 9.55 Å². The summed E-state index contributed by atoms with van der Waals surface area (Å²) in [5.74, 6) is -3.36. The minimum Gasteiger partial charge on any atom is -0.478 e. The highest BCUT2D eigenvalue weighted by molar-refractivity contribution is 6.06. The lowest BCUT2D eigenvalue weighted by atomic mass is 10.1. The second kappa shape index (κ2) is 6.79. The van der Waals surface area contributed by atoms with Crippen molar-refractivity contribution in [3.05, 3.63) is 72.8 Å². The third kappa shape index (κ3) is 3.45. The van der Waals surface area contributed by atoms with E-state index in [1.165, 1.54) is 6.20 Å². The van der Waals surface area contributed by atoms with Gasteiger partial charge in [0.2, 0.25) is 0 Å². The van der Waals surface area contributed by atoms with Gasteiger partial charge in [0.25, 0.3) is 0 Å². The van der Waals surface area contributed by atoms with E-state index in [2.05, 4.69) is 9.72 Å². The average molecular weight is 336 g/mol. The SMILES string of the molecule is O=C(O)/C=C/C(=O)OC(=O)c1ncc2ccccc2c1-n1cccc1. The number of ether oxygens (including phenoxy) is 1. The van der Waals surface area contributed by atoms with Gasteiger partial charge in [-0.05, 0) is 12.1 Å². The average Bonchev–Trinajstić information content (AvgIpc) is 3.13. The van der Waals surface area contributed by atoms with Crippen molar-refractivity contribution in [2.24, 2.45) is 0 Å². The van der Waals surface area contributed by atoms with Crippen LogP contribution in [-0.4, -0.2) is 32.6 Å². The standard InChI is InChI=1S/C18H12N2O5/c21-14(22)7-8-15(23)25-18(24)16-17(20-9-3-4-10-20)13-6-2-1-5-12(13)11-19-16/h1-11H,(H,21,22)/b8-7+. The van der Waals surface area contributed by atoms with Crippen molar-refractivity contribution in [3.8, 4) is 5.69 Å². The van der Waals surface area contributed by atoms with E-state index < -0.39 is 17.9 Å². The Balaban J connectivity index is 2.04. The van der Waals surface area contributed by atoms with Gasteiger partial charge in [0.15, 0.2) is 5.69 Å². The Hall–Kier alpha value is -3.74. The summed E-state index contributed by atoms with van der Waals surface area (Å²) in [6, 6.07) is 10.9. The monoisotopic (exact) mass is 336 g/mol. The summed E-state index contributed by atoms with van der Waals surface area (Å²) in [6.07, 6.45) is 6.25. The molecule has 2 aromatic heterocycles. The van der Waals surface area contributed by atoms with E-state index in [0.717, 1.165) is 10.8 Å². The fourth-order valence-electron chi connectivity index (χ4n) is 2.36. The minimum absolute atomic E-state index is 0.0491. The maximum absolute atomic E-state index is 12.4. The number of esters is 2. The third-order valence-electron chi connectivity index (χ3n) is 3.38.